The summed E-state index contributed by atoms with van der Waals surface area (Å²) in [5.74, 6) is 6.69. The van der Waals surface area contributed by atoms with Crippen molar-refractivity contribution in [1.82, 2.24) is 0 Å². The predicted molar refractivity (Wildman–Crippen MR) is 79.2 cm³/mol. The largest absolute Gasteiger partial charge is 0.374 e. The molecule has 2 fully saturated rings. The first-order valence-corrected chi connectivity index (χ1v) is 7.56. The Hall–Kier alpha value is -1.30. The van der Waals surface area contributed by atoms with E-state index >= 15 is 0 Å². The van der Waals surface area contributed by atoms with Crippen LogP contribution in [0.4, 0.5) is 0 Å². The Balaban J connectivity index is 1.88. The van der Waals surface area contributed by atoms with Crippen LogP contribution in [0.15, 0.2) is 30.3 Å². The quantitative estimate of drug-likeness (QED) is 0.628. The number of epoxide rings is 1. The lowest BCUT2D eigenvalue weighted by Crippen LogP contribution is -2.49. The van der Waals surface area contributed by atoms with Gasteiger partial charge in [0.1, 0.15) is 5.60 Å². The summed E-state index contributed by atoms with van der Waals surface area (Å²) >= 11 is 0. The number of ether oxygens (including phenoxy) is 1. The Bertz CT molecular complexity index is 540. The van der Waals surface area contributed by atoms with E-state index in [2.05, 4.69) is 25.7 Å². The maximum absolute atomic E-state index is 11.0. The van der Waals surface area contributed by atoms with E-state index in [0.717, 1.165) is 31.2 Å². The van der Waals surface area contributed by atoms with Gasteiger partial charge in [-0.25, -0.2) is 0 Å². The molecule has 20 heavy (non-hydrogen) atoms. The highest BCUT2D eigenvalue weighted by molar-refractivity contribution is 5.39. The van der Waals surface area contributed by atoms with Gasteiger partial charge in [0.15, 0.2) is 5.60 Å². The zero-order valence-electron chi connectivity index (χ0n) is 12.2. The fourth-order valence-electron chi connectivity index (χ4n) is 3.45. The monoisotopic (exact) mass is 270 g/mol. The second-order valence-corrected chi connectivity index (χ2v) is 6.36. The van der Waals surface area contributed by atoms with Gasteiger partial charge < -0.3 is 9.84 Å². The summed E-state index contributed by atoms with van der Waals surface area (Å²) in [5, 5.41) is 11.0. The molecule has 1 aliphatic carbocycles. The molecule has 1 aromatic carbocycles. The topological polar surface area (TPSA) is 32.8 Å². The standard InChI is InChI=1S/C18H22O2/c1-14(2)16-18(20-16)12-7-6-11-17(18,19)13-10-15-8-4-3-5-9-15/h3-5,8-9,14,16,19H,6-7,11-12H2,1-2H3/t16-,17-,18+/m0/s1. The van der Waals surface area contributed by atoms with Crippen LogP contribution in [-0.4, -0.2) is 22.4 Å². The van der Waals surface area contributed by atoms with E-state index in [-0.39, 0.29) is 6.10 Å². The number of hydrogen-bond donors (Lipinski definition) is 1. The fraction of sp³-hybridized carbons (Fsp3) is 0.556. The normalized spacial score (nSPS) is 35.7. The van der Waals surface area contributed by atoms with Crippen molar-refractivity contribution < 1.29 is 9.84 Å². The summed E-state index contributed by atoms with van der Waals surface area (Å²) < 4.78 is 5.96. The Kier molecular flexibility index (Phi) is 3.36. The maximum Gasteiger partial charge on any atom is 0.157 e. The van der Waals surface area contributed by atoms with Crippen LogP contribution >= 0.6 is 0 Å². The highest BCUT2D eigenvalue weighted by Gasteiger charge is 2.69. The number of aliphatic hydroxyl groups is 1. The maximum atomic E-state index is 11.0. The molecule has 2 nitrogen and oxygen atoms in total. The van der Waals surface area contributed by atoms with Crippen molar-refractivity contribution in [3.8, 4) is 11.8 Å². The van der Waals surface area contributed by atoms with Gasteiger partial charge in [-0.2, -0.15) is 0 Å². The number of benzene rings is 1. The summed E-state index contributed by atoms with van der Waals surface area (Å²) in [4.78, 5) is 0. The average molecular weight is 270 g/mol. The zero-order valence-corrected chi connectivity index (χ0v) is 12.2. The van der Waals surface area contributed by atoms with Crippen molar-refractivity contribution in [1.29, 1.82) is 0 Å². The molecule has 1 heterocycles. The van der Waals surface area contributed by atoms with E-state index in [1.165, 1.54) is 0 Å². The molecule has 1 saturated heterocycles. The van der Waals surface area contributed by atoms with E-state index in [4.69, 9.17) is 4.74 Å². The molecule has 106 valence electrons. The van der Waals surface area contributed by atoms with Crippen molar-refractivity contribution in [2.45, 2.75) is 56.8 Å². The van der Waals surface area contributed by atoms with E-state index in [9.17, 15) is 5.11 Å². The molecule has 0 radical (unpaired) electrons. The highest BCUT2D eigenvalue weighted by atomic mass is 16.6. The van der Waals surface area contributed by atoms with Gasteiger partial charge in [-0.05, 0) is 37.3 Å². The summed E-state index contributed by atoms with van der Waals surface area (Å²) in [6.07, 6.45) is 3.94. The van der Waals surface area contributed by atoms with Crippen molar-refractivity contribution in [2.75, 3.05) is 0 Å². The molecule has 0 amide bonds. The first kappa shape index (κ1) is 13.7. The van der Waals surface area contributed by atoms with Gasteiger partial charge in [0.2, 0.25) is 0 Å². The molecule has 1 aliphatic heterocycles. The lowest BCUT2D eigenvalue weighted by molar-refractivity contribution is -0.0183. The third-order valence-electron chi connectivity index (χ3n) is 4.57. The average Bonchev–Trinajstić information content (AvgIpc) is 3.18. The van der Waals surface area contributed by atoms with E-state index < -0.39 is 11.2 Å². The molecule has 1 aromatic rings. The van der Waals surface area contributed by atoms with Gasteiger partial charge in [0.05, 0.1) is 6.10 Å². The van der Waals surface area contributed by atoms with Crippen LogP contribution in [0.3, 0.4) is 0 Å². The van der Waals surface area contributed by atoms with E-state index in [1.807, 2.05) is 30.3 Å². The first-order valence-electron chi connectivity index (χ1n) is 7.56. The molecular weight excluding hydrogens is 248 g/mol. The lowest BCUT2D eigenvalue weighted by Gasteiger charge is -2.34. The minimum Gasteiger partial charge on any atom is -0.374 e. The second-order valence-electron chi connectivity index (χ2n) is 6.36. The van der Waals surface area contributed by atoms with Crippen LogP contribution in [0.25, 0.3) is 0 Å². The highest BCUT2D eigenvalue weighted by Crippen LogP contribution is 2.56. The van der Waals surface area contributed by atoms with Gasteiger partial charge in [0, 0.05) is 5.56 Å². The van der Waals surface area contributed by atoms with Gasteiger partial charge in [-0.15, -0.1) is 0 Å². The summed E-state index contributed by atoms with van der Waals surface area (Å²) in [6.45, 7) is 4.30. The van der Waals surface area contributed by atoms with Crippen molar-refractivity contribution in [3.63, 3.8) is 0 Å². The van der Waals surface area contributed by atoms with Crippen molar-refractivity contribution >= 4 is 0 Å². The lowest BCUT2D eigenvalue weighted by atomic mass is 9.71. The van der Waals surface area contributed by atoms with Crippen LogP contribution < -0.4 is 0 Å². The minimum atomic E-state index is -0.990. The third-order valence-corrected chi connectivity index (χ3v) is 4.57. The third kappa shape index (κ3) is 2.16. The first-order chi connectivity index (χ1) is 9.57. The fourth-order valence-corrected chi connectivity index (χ4v) is 3.45. The molecule has 0 unspecified atom stereocenters. The van der Waals surface area contributed by atoms with Crippen LogP contribution in [0.1, 0.15) is 45.1 Å². The summed E-state index contributed by atoms with van der Waals surface area (Å²) in [5.41, 5.74) is -0.458. The Morgan fingerprint density at radius 1 is 1.20 bits per heavy atom. The minimum absolute atomic E-state index is 0.151. The molecule has 1 saturated carbocycles. The van der Waals surface area contributed by atoms with E-state index in [1.54, 1.807) is 0 Å². The molecule has 0 bridgehead atoms. The Morgan fingerprint density at radius 2 is 1.90 bits per heavy atom. The molecule has 1 spiro atoms. The number of rotatable bonds is 1. The SMILES string of the molecule is CC(C)[C@@H]1O[C@]12CCCC[C@]2(O)C#Cc1ccccc1. The Morgan fingerprint density at radius 3 is 2.55 bits per heavy atom. The smallest absolute Gasteiger partial charge is 0.157 e. The van der Waals surface area contributed by atoms with Crippen LogP contribution in [-0.2, 0) is 4.74 Å². The summed E-state index contributed by atoms with van der Waals surface area (Å²) in [7, 11) is 0. The van der Waals surface area contributed by atoms with Gasteiger partial charge in [-0.1, -0.05) is 50.3 Å². The van der Waals surface area contributed by atoms with E-state index in [0.29, 0.717) is 5.92 Å². The van der Waals surface area contributed by atoms with Crippen LogP contribution in [0.2, 0.25) is 0 Å². The zero-order chi connectivity index (χ0) is 14.2. The van der Waals surface area contributed by atoms with Crippen LogP contribution in [0, 0.1) is 17.8 Å². The molecule has 3 rings (SSSR count). The van der Waals surface area contributed by atoms with Gasteiger partial charge in [-0.3, -0.25) is 0 Å². The van der Waals surface area contributed by atoms with Crippen LogP contribution in [0.5, 0.6) is 0 Å². The summed E-state index contributed by atoms with van der Waals surface area (Å²) in [6, 6.07) is 9.85. The molecule has 1 N–H and O–H groups in total. The molecule has 2 aliphatic rings. The molecule has 0 aromatic heterocycles. The molecular formula is C18H22O2. The van der Waals surface area contributed by atoms with Gasteiger partial charge in [0.25, 0.3) is 0 Å². The molecule has 3 atom stereocenters. The van der Waals surface area contributed by atoms with Crippen molar-refractivity contribution in [3.05, 3.63) is 35.9 Å². The predicted octanol–water partition coefficient (Wildman–Crippen LogP) is 3.14. The number of hydrogen-bond acceptors (Lipinski definition) is 2. The molecule has 2 heteroatoms. The second kappa shape index (κ2) is 4.91. The Labute approximate surface area is 121 Å². The van der Waals surface area contributed by atoms with Crippen molar-refractivity contribution in [2.24, 2.45) is 5.92 Å². The van der Waals surface area contributed by atoms with Gasteiger partial charge >= 0.3 is 0 Å².